The molecule has 0 saturated carbocycles. The molecule has 2 aromatic heterocycles. The van der Waals surface area contributed by atoms with Gasteiger partial charge in [0, 0.05) is 31.4 Å². The topological polar surface area (TPSA) is 69.0 Å². The molecule has 6 heteroatoms. The molecule has 0 saturated heterocycles. The Bertz CT molecular complexity index is 1230. The highest BCUT2D eigenvalue weighted by molar-refractivity contribution is 5.98. The second-order valence-electron chi connectivity index (χ2n) is 7.50. The number of nitrogens with zero attached hydrogens (tertiary/aromatic N) is 3. The SMILES string of the molecule is CCCc1cc(C(=O)NCc2ccc(-c3cccc(OC)c3)c3ccncc23)n(C)n1. The van der Waals surface area contributed by atoms with E-state index in [4.69, 9.17) is 4.74 Å². The Hall–Kier alpha value is -3.67. The van der Waals surface area contributed by atoms with E-state index in [0.717, 1.165) is 51.7 Å². The predicted molar refractivity (Wildman–Crippen MR) is 122 cm³/mol. The third-order valence-corrected chi connectivity index (χ3v) is 5.40. The van der Waals surface area contributed by atoms with Gasteiger partial charge in [0.05, 0.1) is 12.8 Å². The number of carbonyl (C=O) groups excluding carboxylic acids is 1. The number of nitrogens with one attached hydrogen (secondary N) is 1. The summed E-state index contributed by atoms with van der Waals surface area (Å²) in [4.78, 5) is 17.1. The predicted octanol–water partition coefficient (Wildman–Crippen LogP) is 4.53. The molecule has 0 fully saturated rings. The van der Waals surface area contributed by atoms with Crippen LogP contribution in [-0.4, -0.2) is 27.8 Å². The first kappa shape index (κ1) is 20.6. The number of amides is 1. The van der Waals surface area contributed by atoms with Gasteiger partial charge in [-0.3, -0.25) is 14.5 Å². The first-order valence-electron chi connectivity index (χ1n) is 10.4. The lowest BCUT2D eigenvalue weighted by atomic mass is 9.96. The second-order valence-corrected chi connectivity index (χ2v) is 7.50. The van der Waals surface area contributed by atoms with Crippen LogP contribution >= 0.6 is 0 Å². The van der Waals surface area contributed by atoms with Crippen molar-refractivity contribution >= 4 is 16.7 Å². The van der Waals surface area contributed by atoms with Crippen molar-refractivity contribution in [2.24, 2.45) is 7.05 Å². The number of rotatable bonds is 7. The Morgan fingerprint density at radius 1 is 1.13 bits per heavy atom. The van der Waals surface area contributed by atoms with Crippen LogP contribution in [-0.2, 0) is 20.0 Å². The van der Waals surface area contributed by atoms with Gasteiger partial charge in [-0.15, -0.1) is 0 Å². The Balaban J connectivity index is 1.61. The van der Waals surface area contributed by atoms with Crippen molar-refractivity contribution < 1.29 is 9.53 Å². The number of hydrogen-bond acceptors (Lipinski definition) is 4. The minimum Gasteiger partial charge on any atom is -0.497 e. The fraction of sp³-hybridized carbons (Fsp3) is 0.240. The summed E-state index contributed by atoms with van der Waals surface area (Å²) in [7, 11) is 3.47. The number of methoxy groups -OCH3 is 1. The summed E-state index contributed by atoms with van der Waals surface area (Å²) >= 11 is 0. The first-order chi connectivity index (χ1) is 15.1. The number of pyridine rings is 1. The largest absolute Gasteiger partial charge is 0.497 e. The molecule has 0 aliphatic carbocycles. The number of ether oxygens (including phenoxy) is 1. The first-order valence-corrected chi connectivity index (χ1v) is 10.4. The maximum atomic E-state index is 12.7. The molecule has 0 atom stereocenters. The average molecular weight is 415 g/mol. The average Bonchev–Trinajstić information content (AvgIpc) is 3.17. The maximum absolute atomic E-state index is 12.7. The molecule has 158 valence electrons. The summed E-state index contributed by atoms with van der Waals surface area (Å²) in [5.74, 6) is 0.681. The molecule has 0 aliphatic heterocycles. The van der Waals surface area contributed by atoms with Crippen molar-refractivity contribution in [3.8, 4) is 16.9 Å². The summed E-state index contributed by atoms with van der Waals surface area (Å²) in [6, 6.07) is 16.0. The fourth-order valence-electron chi connectivity index (χ4n) is 3.83. The molecule has 2 heterocycles. The Morgan fingerprint density at radius 2 is 2.00 bits per heavy atom. The zero-order chi connectivity index (χ0) is 21.8. The highest BCUT2D eigenvalue weighted by Gasteiger charge is 2.14. The van der Waals surface area contributed by atoms with E-state index in [1.807, 2.05) is 42.6 Å². The van der Waals surface area contributed by atoms with Gasteiger partial charge in [0.2, 0.25) is 0 Å². The third-order valence-electron chi connectivity index (χ3n) is 5.40. The van der Waals surface area contributed by atoms with Crippen LogP contribution in [0.2, 0.25) is 0 Å². The van der Waals surface area contributed by atoms with Crippen LogP contribution < -0.4 is 10.1 Å². The second kappa shape index (κ2) is 9.00. The summed E-state index contributed by atoms with van der Waals surface area (Å²) in [6.07, 6.45) is 5.50. The Morgan fingerprint density at radius 3 is 2.81 bits per heavy atom. The van der Waals surface area contributed by atoms with Crippen molar-refractivity contribution in [3.63, 3.8) is 0 Å². The van der Waals surface area contributed by atoms with Gasteiger partial charge < -0.3 is 10.1 Å². The smallest absolute Gasteiger partial charge is 0.269 e. The zero-order valence-electron chi connectivity index (χ0n) is 18.1. The lowest BCUT2D eigenvalue weighted by Crippen LogP contribution is -2.25. The summed E-state index contributed by atoms with van der Waals surface area (Å²) in [5.41, 5.74) is 4.69. The van der Waals surface area contributed by atoms with Crippen LogP contribution in [0.4, 0.5) is 0 Å². The molecule has 1 amide bonds. The van der Waals surface area contributed by atoms with Gasteiger partial charge in [-0.25, -0.2) is 0 Å². The number of aromatic nitrogens is 3. The summed E-state index contributed by atoms with van der Waals surface area (Å²) in [6.45, 7) is 2.51. The molecule has 4 rings (SSSR count). The molecule has 31 heavy (non-hydrogen) atoms. The minimum atomic E-state index is -0.133. The Labute approximate surface area is 181 Å². The van der Waals surface area contributed by atoms with Crippen molar-refractivity contribution in [2.45, 2.75) is 26.3 Å². The lowest BCUT2D eigenvalue weighted by molar-refractivity contribution is 0.0941. The van der Waals surface area contributed by atoms with E-state index in [2.05, 4.69) is 34.5 Å². The maximum Gasteiger partial charge on any atom is 0.269 e. The molecule has 0 bridgehead atoms. The number of hydrogen-bond donors (Lipinski definition) is 1. The van der Waals surface area contributed by atoms with Crippen LogP contribution in [0.25, 0.3) is 21.9 Å². The summed E-state index contributed by atoms with van der Waals surface area (Å²) in [5, 5.41) is 9.55. The van der Waals surface area contributed by atoms with Gasteiger partial charge in [-0.05, 0) is 52.8 Å². The van der Waals surface area contributed by atoms with E-state index in [1.165, 1.54) is 0 Å². The molecule has 6 nitrogen and oxygen atoms in total. The van der Waals surface area contributed by atoms with Gasteiger partial charge in [0.25, 0.3) is 5.91 Å². The standard InChI is InChI=1S/C25H26N4O2/c1-4-6-19-14-24(29(2)28-19)25(30)27-15-18-9-10-21(22-11-12-26-16-23(18)22)17-7-5-8-20(13-17)31-3/h5,7-14,16H,4,6,15H2,1-3H3,(H,27,30). The van der Waals surface area contributed by atoms with Crippen LogP contribution in [0, 0.1) is 0 Å². The van der Waals surface area contributed by atoms with Crippen molar-refractivity contribution in [2.75, 3.05) is 7.11 Å². The van der Waals surface area contributed by atoms with Crippen molar-refractivity contribution in [1.29, 1.82) is 0 Å². The monoisotopic (exact) mass is 414 g/mol. The van der Waals surface area contributed by atoms with Gasteiger partial charge in [0.15, 0.2) is 0 Å². The molecule has 2 aromatic carbocycles. The van der Waals surface area contributed by atoms with Crippen molar-refractivity contribution in [1.82, 2.24) is 20.1 Å². The minimum absolute atomic E-state index is 0.133. The van der Waals surface area contributed by atoms with Gasteiger partial charge in [-0.1, -0.05) is 37.6 Å². The Kier molecular flexibility index (Phi) is 5.98. The van der Waals surface area contributed by atoms with Gasteiger partial charge >= 0.3 is 0 Å². The molecule has 0 aliphatic rings. The van der Waals surface area contributed by atoms with E-state index in [1.54, 1.807) is 25.0 Å². The molecule has 0 radical (unpaired) electrons. The molecule has 0 unspecified atom stereocenters. The van der Waals surface area contributed by atoms with E-state index in [-0.39, 0.29) is 5.91 Å². The lowest BCUT2D eigenvalue weighted by Gasteiger charge is -2.13. The van der Waals surface area contributed by atoms with Crippen LogP contribution in [0.3, 0.4) is 0 Å². The van der Waals surface area contributed by atoms with Crippen molar-refractivity contribution in [3.05, 3.63) is 77.9 Å². The highest BCUT2D eigenvalue weighted by atomic mass is 16.5. The van der Waals surface area contributed by atoms with Crippen LogP contribution in [0.5, 0.6) is 5.75 Å². The number of carbonyl (C=O) groups is 1. The quantitative estimate of drug-likeness (QED) is 0.483. The van der Waals surface area contributed by atoms with Crippen LogP contribution in [0.1, 0.15) is 35.1 Å². The van der Waals surface area contributed by atoms with Gasteiger partial charge in [-0.2, -0.15) is 5.10 Å². The molecular formula is C25H26N4O2. The van der Waals surface area contributed by atoms with Crippen LogP contribution in [0.15, 0.2) is 60.9 Å². The van der Waals surface area contributed by atoms with E-state index in [9.17, 15) is 4.79 Å². The number of benzene rings is 2. The van der Waals surface area contributed by atoms with E-state index in [0.29, 0.717) is 12.2 Å². The highest BCUT2D eigenvalue weighted by Crippen LogP contribution is 2.32. The molecule has 4 aromatic rings. The van der Waals surface area contributed by atoms with Gasteiger partial charge in [0.1, 0.15) is 11.4 Å². The fourth-order valence-corrected chi connectivity index (χ4v) is 3.83. The normalized spacial score (nSPS) is 10.9. The third kappa shape index (κ3) is 4.28. The molecule has 1 N–H and O–H groups in total. The number of aryl methyl sites for hydroxylation is 2. The zero-order valence-corrected chi connectivity index (χ0v) is 18.1. The van der Waals surface area contributed by atoms with E-state index < -0.39 is 0 Å². The summed E-state index contributed by atoms with van der Waals surface area (Å²) < 4.78 is 7.02. The van der Waals surface area contributed by atoms with E-state index >= 15 is 0 Å². The number of fused-ring (bicyclic) bond motifs is 1. The molecular weight excluding hydrogens is 388 g/mol. The molecule has 0 spiro atoms.